The summed E-state index contributed by atoms with van der Waals surface area (Å²) in [5.41, 5.74) is 3.01. The van der Waals surface area contributed by atoms with Gasteiger partial charge in [-0.15, -0.1) is 0 Å². The number of aliphatic hydroxyl groups is 1. The second-order valence-corrected chi connectivity index (χ2v) is 7.46. The van der Waals surface area contributed by atoms with Gasteiger partial charge in [0.2, 0.25) is 0 Å². The van der Waals surface area contributed by atoms with Gasteiger partial charge in [0, 0.05) is 47.6 Å². The molecule has 1 atom stereocenters. The second kappa shape index (κ2) is 10.4. The highest BCUT2D eigenvalue weighted by atomic mass is 35.5. The smallest absolute Gasteiger partial charge is 0.0737 e. The van der Waals surface area contributed by atoms with E-state index in [1.807, 2.05) is 54.9 Å². The lowest BCUT2D eigenvalue weighted by Gasteiger charge is -2.22. The summed E-state index contributed by atoms with van der Waals surface area (Å²) < 4.78 is 0. The van der Waals surface area contributed by atoms with E-state index in [0.717, 1.165) is 48.2 Å². The lowest BCUT2D eigenvalue weighted by molar-refractivity contribution is 0.186. The van der Waals surface area contributed by atoms with Gasteiger partial charge in [0.25, 0.3) is 0 Å². The first kappa shape index (κ1) is 20.5. The van der Waals surface area contributed by atoms with E-state index in [2.05, 4.69) is 27.1 Å². The highest BCUT2D eigenvalue weighted by molar-refractivity contribution is 6.31. The van der Waals surface area contributed by atoms with Crippen molar-refractivity contribution in [1.82, 2.24) is 14.9 Å². The quantitative estimate of drug-likeness (QED) is 0.531. The first-order chi connectivity index (χ1) is 13.7. The normalized spacial score (nSPS) is 12.4. The van der Waals surface area contributed by atoms with Crippen molar-refractivity contribution in [2.75, 3.05) is 25.0 Å². The van der Waals surface area contributed by atoms with Crippen LogP contribution in [-0.2, 0) is 6.54 Å². The molecule has 0 spiro atoms. The van der Waals surface area contributed by atoms with Crippen molar-refractivity contribution in [3.05, 3.63) is 65.6 Å². The largest absolute Gasteiger partial charge is 0.395 e. The lowest BCUT2D eigenvalue weighted by Crippen LogP contribution is -2.29. The first-order valence-corrected chi connectivity index (χ1v) is 10.1. The number of hydrogen-bond acceptors (Lipinski definition) is 5. The Bertz CT molecular complexity index is 875. The van der Waals surface area contributed by atoms with Gasteiger partial charge in [-0.3, -0.25) is 14.9 Å². The number of rotatable bonds is 10. The van der Waals surface area contributed by atoms with Gasteiger partial charge < -0.3 is 10.4 Å². The summed E-state index contributed by atoms with van der Waals surface area (Å²) in [5.74, 6) is 0. The van der Waals surface area contributed by atoms with Crippen molar-refractivity contribution in [1.29, 1.82) is 0 Å². The number of anilines is 1. The monoisotopic (exact) mass is 398 g/mol. The number of aliphatic hydroxyl groups excluding tert-OH is 1. The molecule has 0 bridgehead atoms. The minimum absolute atomic E-state index is 0.159. The van der Waals surface area contributed by atoms with Crippen molar-refractivity contribution in [3.63, 3.8) is 0 Å². The molecule has 0 aliphatic heterocycles. The van der Waals surface area contributed by atoms with E-state index in [4.69, 9.17) is 11.6 Å². The molecule has 3 rings (SSSR count). The second-order valence-electron chi connectivity index (χ2n) is 7.03. The van der Waals surface area contributed by atoms with E-state index in [-0.39, 0.29) is 6.61 Å². The SMILES string of the molecule is CC(CCCN(CCO)Cc1ccccn1)Nc1ccnc2cc(Cl)ccc12. The van der Waals surface area contributed by atoms with Crippen molar-refractivity contribution >= 4 is 28.2 Å². The average molecular weight is 399 g/mol. The Labute approximate surface area is 171 Å². The summed E-state index contributed by atoms with van der Waals surface area (Å²) in [6.07, 6.45) is 5.69. The number of halogens is 1. The molecule has 28 heavy (non-hydrogen) atoms. The van der Waals surface area contributed by atoms with Gasteiger partial charge in [0.05, 0.1) is 17.8 Å². The molecule has 0 radical (unpaired) electrons. The van der Waals surface area contributed by atoms with Crippen LogP contribution in [0.2, 0.25) is 5.02 Å². The summed E-state index contributed by atoms with van der Waals surface area (Å²) in [6.45, 7) is 4.70. The van der Waals surface area contributed by atoms with Crippen molar-refractivity contribution in [2.45, 2.75) is 32.4 Å². The molecule has 2 heterocycles. The van der Waals surface area contributed by atoms with Crippen LogP contribution in [0.25, 0.3) is 10.9 Å². The maximum Gasteiger partial charge on any atom is 0.0737 e. The maximum absolute atomic E-state index is 9.35. The van der Waals surface area contributed by atoms with E-state index in [1.54, 1.807) is 0 Å². The molecular formula is C22H27ClN4O. The van der Waals surface area contributed by atoms with Gasteiger partial charge in [-0.25, -0.2) is 0 Å². The molecular weight excluding hydrogens is 372 g/mol. The zero-order valence-corrected chi connectivity index (χ0v) is 16.9. The van der Waals surface area contributed by atoms with Gasteiger partial charge in [0.1, 0.15) is 0 Å². The van der Waals surface area contributed by atoms with Crippen LogP contribution in [0.3, 0.4) is 0 Å². The molecule has 0 fully saturated rings. The van der Waals surface area contributed by atoms with E-state index >= 15 is 0 Å². The predicted octanol–water partition coefficient (Wildman–Crippen LogP) is 4.36. The number of aromatic nitrogens is 2. The number of nitrogens with one attached hydrogen (secondary N) is 1. The molecule has 6 heteroatoms. The van der Waals surface area contributed by atoms with Gasteiger partial charge in [-0.2, -0.15) is 0 Å². The summed E-state index contributed by atoms with van der Waals surface area (Å²) >= 11 is 6.07. The molecule has 3 aromatic rings. The average Bonchev–Trinajstić information content (AvgIpc) is 2.69. The number of benzene rings is 1. The zero-order valence-electron chi connectivity index (χ0n) is 16.2. The third-order valence-corrected chi connectivity index (χ3v) is 4.98. The van der Waals surface area contributed by atoms with Crippen molar-refractivity contribution < 1.29 is 5.11 Å². The Balaban J connectivity index is 1.53. The molecule has 0 amide bonds. The number of fused-ring (bicyclic) bond motifs is 1. The van der Waals surface area contributed by atoms with E-state index in [0.29, 0.717) is 17.6 Å². The Morgan fingerprint density at radius 3 is 2.79 bits per heavy atom. The molecule has 1 aromatic carbocycles. The Hall–Kier alpha value is -2.21. The van der Waals surface area contributed by atoms with Crippen LogP contribution in [-0.4, -0.2) is 45.7 Å². The molecule has 0 aliphatic carbocycles. The van der Waals surface area contributed by atoms with Crippen LogP contribution in [0.4, 0.5) is 5.69 Å². The molecule has 2 N–H and O–H groups in total. The van der Waals surface area contributed by atoms with Crippen molar-refractivity contribution in [3.8, 4) is 0 Å². The van der Waals surface area contributed by atoms with Crippen molar-refractivity contribution in [2.24, 2.45) is 0 Å². The van der Waals surface area contributed by atoms with Crippen LogP contribution >= 0.6 is 11.6 Å². The Morgan fingerprint density at radius 1 is 1.11 bits per heavy atom. The molecule has 0 aliphatic rings. The van der Waals surface area contributed by atoms with E-state index in [9.17, 15) is 5.11 Å². The lowest BCUT2D eigenvalue weighted by atomic mass is 10.1. The number of pyridine rings is 2. The fourth-order valence-corrected chi connectivity index (χ4v) is 3.50. The molecule has 1 unspecified atom stereocenters. The van der Waals surface area contributed by atoms with Gasteiger partial charge in [-0.05, 0) is 62.7 Å². The maximum atomic E-state index is 9.35. The van der Waals surface area contributed by atoms with Gasteiger partial charge in [-0.1, -0.05) is 17.7 Å². The topological polar surface area (TPSA) is 61.3 Å². The molecule has 2 aromatic heterocycles. The summed E-state index contributed by atoms with van der Waals surface area (Å²) in [4.78, 5) is 11.0. The van der Waals surface area contributed by atoms with E-state index < -0.39 is 0 Å². The number of hydrogen-bond donors (Lipinski definition) is 2. The zero-order chi connectivity index (χ0) is 19.8. The molecule has 5 nitrogen and oxygen atoms in total. The van der Waals surface area contributed by atoms with Crippen LogP contribution in [0, 0.1) is 0 Å². The third-order valence-electron chi connectivity index (χ3n) is 4.75. The fourth-order valence-electron chi connectivity index (χ4n) is 3.34. The number of nitrogens with zero attached hydrogens (tertiary/aromatic N) is 3. The fraction of sp³-hybridized carbons (Fsp3) is 0.364. The summed E-state index contributed by atoms with van der Waals surface area (Å²) in [7, 11) is 0. The first-order valence-electron chi connectivity index (χ1n) is 9.69. The standard InChI is InChI=1S/C22H27ClN4O/c1-17(26-21-9-11-25-22-15-18(23)7-8-20(21)22)5-4-12-27(13-14-28)16-19-6-2-3-10-24-19/h2-3,6-11,15,17,28H,4-5,12-14,16H2,1H3,(H,25,26). The molecule has 0 saturated carbocycles. The highest BCUT2D eigenvalue weighted by Gasteiger charge is 2.10. The minimum atomic E-state index is 0.159. The Kier molecular flexibility index (Phi) is 7.60. The summed E-state index contributed by atoms with van der Waals surface area (Å²) in [5, 5.41) is 14.7. The van der Waals surface area contributed by atoms with Crippen LogP contribution in [0.5, 0.6) is 0 Å². The molecule has 0 saturated heterocycles. The van der Waals surface area contributed by atoms with Gasteiger partial charge >= 0.3 is 0 Å². The Morgan fingerprint density at radius 2 is 2.00 bits per heavy atom. The highest BCUT2D eigenvalue weighted by Crippen LogP contribution is 2.25. The van der Waals surface area contributed by atoms with E-state index in [1.165, 1.54) is 0 Å². The van der Waals surface area contributed by atoms with Gasteiger partial charge in [0.15, 0.2) is 0 Å². The predicted molar refractivity (Wildman–Crippen MR) is 116 cm³/mol. The summed E-state index contributed by atoms with van der Waals surface area (Å²) in [6, 6.07) is 14.1. The van der Waals surface area contributed by atoms with Crippen LogP contribution in [0.15, 0.2) is 54.9 Å². The van der Waals surface area contributed by atoms with Crippen LogP contribution < -0.4 is 5.32 Å². The van der Waals surface area contributed by atoms with Crippen LogP contribution in [0.1, 0.15) is 25.5 Å². The molecule has 148 valence electrons. The third kappa shape index (κ3) is 5.89. The minimum Gasteiger partial charge on any atom is -0.395 e.